The van der Waals surface area contributed by atoms with Crippen LogP contribution >= 0.6 is 11.6 Å². The van der Waals surface area contributed by atoms with Gasteiger partial charge in [0.1, 0.15) is 11.8 Å². The Balaban J connectivity index is 2.13. The van der Waals surface area contributed by atoms with Gasteiger partial charge >= 0.3 is 12.0 Å². The number of carbonyl (C=O) groups excluding carboxylic acids is 1. The molecule has 0 radical (unpaired) electrons. The van der Waals surface area contributed by atoms with Crippen LogP contribution in [0, 0.1) is 0 Å². The second-order valence-electron chi connectivity index (χ2n) is 4.47. The van der Waals surface area contributed by atoms with Gasteiger partial charge in [-0.05, 0) is 25.0 Å². The van der Waals surface area contributed by atoms with Gasteiger partial charge in [0.2, 0.25) is 0 Å². The number of ether oxygens (including phenoxy) is 1. The Morgan fingerprint density at radius 3 is 2.90 bits per heavy atom. The number of nitrogens with one attached hydrogen (secondary N) is 1. The lowest BCUT2D eigenvalue weighted by Crippen LogP contribution is -2.42. The number of urea groups is 1. The minimum Gasteiger partial charge on any atom is -0.497 e. The summed E-state index contributed by atoms with van der Waals surface area (Å²) in [4.78, 5) is 24.5. The molecule has 0 aromatic heterocycles. The summed E-state index contributed by atoms with van der Waals surface area (Å²) in [7, 11) is 1.51. The molecule has 1 aromatic rings. The van der Waals surface area contributed by atoms with Crippen LogP contribution in [0.5, 0.6) is 5.75 Å². The van der Waals surface area contributed by atoms with Crippen molar-refractivity contribution in [3.05, 3.63) is 23.2 Å². The van der Waals surface area contributed by atoms with Gasteiger partial charge in [0.05, 0.1) is 17.8 Å². The number of halogens is 1. The van der Waals surface area contributed by atoms with Gasteiger partial charge in [0.25, 0.3) is 0 Å². The van der Waals surface area contributed by atoms with E-state index < -0.39 is 18.0 Å². The third-order valence-electron chi connectivity index (χ3n) is 3.21. The van der Waals surface area contributed by atoms with Crippen LogP contribution in [-0.2, 0) is 4.79 Å². The van der Waals surface area contributed by atoms with Crippen molar-refractivity contribution in [2.45, 2.75) is 18.9 Å². The maximum atomic E-state index is 12.1. The van der Waals surface area contributed by atoms with Crippen LogP contribution < -0.4 is 10.1 Å². The summed E-state index contributed by atoms with van der Waals surface area (Å²) in [6, 6.07) is 3.62. The maximum absolute atomic E-state index is 12.1. The van der Waals surface area contributed by atoms with E-state index in [0.29, 0.717) is 35.8 Å². The van der Waals surface area contributed by atoms with Crippen LogP contribution in [0.4, 0.5) is 10.5 Å². The molecular weight excluding hydrogens is 284 g/mol. The summed E-state index contributed by atoms with van der Waals surface area (Å²) in [5.74, 6) is -0.435. The minimum absolute atomic E-state index is 0.366. The van der Waals surface area contributed by atoms with Crippen molar-refractivity contribution in [3.8, 4) is 5.75 Å². The number of nitrogens with zero attached hydrogens (tertiary/aromatic N) is 1. The highest BCUT2D eigenvalue weighted by Crippen LogP contribution is 2.28. The fraction of sp³-hybridized carbons (Fsp3) is 0.385. The standard InChI is InChI=1S/C13H15ClN2O4/c1-20-8-4-5-9(14)10(7-8)15-13(19)16-6-2-3-11(16)12(17)18/h4-5,7,11H,2-3,6H2,1H3,(H,15,19)(H,17,18)/t11-/m1/s1. The molecular formula is C13H15ClN2O4. The Kier molecular flexibility index (Phi) is 4.34. The van der Waals surface area contributed by atoms with Crippen molar-refractivity contribution in [3.63, 3.8) is 0 Å². The molecule has 2 rings (SSSR count). The molecule has 7 heteroatoms. The lowest BCUT2D eigenvalue weighted by Gasteiger charge is -2.22. The van der Waals surface area contributed by atoms with Crippen LogP contribution in [0.2, 0.25) is 5.02 Å². The van der Waals surface area contributed by atoms with E-state index in [2.05, 4.69) is 5.32 Å². The highest BCUT2D eigenvalue weighted by molar-refractivity contribution is 6.33. The van der Waals surface area contributed by atoms with E-state index in [1.807, 2.05) is 0 Å². The lowest BCUT2D eigenvalue weighted by molar-refractivity contribution is -0.141. The largest absolute Gasteiger partial charge is 0.497 e. The molecule has 0 saturated carbocycles. The van der Waals surface area contributed by atoms with Gasteiger partial charge in [-0.15, -0.1) is 0 Å². The number of carboxylic acids is 1. The van der Waals surface area contributed by atoms with E-state index in [1.165, 1.54) is 12.0 Å². The van der Waals surface area contributed by atoms with E-state index in [0.717, 1.165) is 0 Å². The van der Waals surface area contributed by atoms with Crippen molar-refractivity contribution >= 4 is 29.3 Å². The van der Waals surface area contributed by atoms with E-state index >= 15 is 0 Å². The number of benzene rings is 1. The average molecular weight is 299 g/mol. The second-order valence-corrected chi connectivity index (χ2v) is 4.87. The highest BCUT2D eigenvalue weighted by atomic mass is 35.5. The summed E-state index contributed by atoms with van der Waals surface area (Å²) >= 11 is 6.00. The number of amides is 2. The van der Waals surface area contributed by atoms with Crippen molar-refractivity contribution < 1.29 is 19.4 Å². The number of methoxy groups -OCH3 is 1. The van der Waals surface area contributed by atoms with Crippen LogP contribution in [-0.4, -0.2) is 41.7 Å². The molecule has 20 heavy (non-hydrogen) atoms. The number of anilines is 1. The van der Waals surface area contributed by atoms with Crippen molar-refractivity contribution in [1.82, 2.24) is 4.90 Å². The van der Waals surface area contributed by atoms with Crippen molar-refractivity contribution in [2.24, 2.45) is 0 Å². The number of carboxylic acid groups (broad SMARTS) is 1. The predicted molar refractivity (Wildman–Crippen MR) is 74.4 cm³/mol. The summed E-state index contributed by atoms with van der Waals surface area (Å²) in [6.45, 7) is 0.421. The van der Waals surface area contributed by atoms with Gasteiger partial charge in [-0.2, -0.15) is 0 Å². The predicted octanol–water partition coefficient (Wildman–Crippen LogP) is 2.43. The first kappa shape index (κ1) is 14.5. The molecule has 6 nitrogen and oxygen atoms in total. The zero-order valence-electron chi connectivity index (χ0n) is 10.9. The first-order valence-electron chi connectivity index (χ1n) is 6.17. The highest BCUT2D eigenvalue weighted by Gasteiger charge is 2.34. The van der Waals surface area contributed by atoms with E-state index in [9.17, 15) is 9.59 Å². The summed E-state index contributed by atoms with van der Waals surface area (Å²) in [6.07, 6.45) is 1.14. The number of rotatable bonds is 3. The van der Waals surface area contributed by atoms with Gasteiger partial charge in [0.15, 0.2) is 0 Å². The maximum Gasteiger partial charge on any atom is 0.326 e. The molecule has 1 saturated heterocycles. The summed E-state index contributed by atoms with van der Waals surface area (Å²) in [5.41, 5.74) is 0.395. The van der Waals surface area contributed by atoms with Gasteiger partial charge in [-0.3, -0.25) is 0 Å². The number of hydrogen-bond acceptors (Lipinski definition) is 3. The van der Waals surface area contributed by atoms with Gasteiger partial charge < -0.3 is 20.1 Å². The molecule has 0 bridgehead atoms. The number of carbonyl (C=O) groups is 2. The normalized spacial score (nSPS) is 17.9. The zero-order valence-corrected chi connectivity index (χ0v) is 11.7. The molecule has 1 fully saturated rings. The van der Waals surface area contributed by atoms with Crippen LogP contribution in [0.25, 0.3) is 0 Å². The molecule has 1 heterocycles. The van der Waals surface area contributed by atoms with Crippen LogP contribution in [0.3, 0.4) is 0 Å². The lowest BCUT2D eigenvalue weighted by atomic mass is 10.2. The van der Waals surface area contributed by atoms with Crippen molar-refractivity contribution in [2.75, 3.05) is 19.0 Å². The molecule has 0 aliphatic carbocycles. The Labute approximate surface area is 121 Å². The molecule has 108 valence electrons. The average Bonchev–Trinajstić information content (AvgIpc) is 2.90. The van der Waals surface area contributed by atoms with Crippen LogP contribution in [0.15, 0.2) is 18.2 Å². The first-order valence-corrected chi connectivity index (χ1v) is 6.54. The summed E-state index contributed by atoms with van der Waals surface area (Å²) in [5, 5.41) is 12.1. The molecule has 1 aliphatic heterocycles. The second kappa shape index (κ2) is 6.00. The molecule has 1 aliphatic rings. The van der Waals surface area contributed by atoms with Gasteiger partial charge in [-0.25, -0.2) is 9.59 Å². The van der Waals surface area contributed by atoms with Crippen LogP contribution in [0.1, 0.15) is 12.8 Å². The van der Waals surface area contributed by atoms with E-state index in [4.69, 9.17) is 21.4 Å². The SMILES string of the molecule is COc1ccc(Cl)c(NC(=O)N2CCC[C@@H]2C(=O)O)c1. The van der Waals surface area contributed by atoms with Gasteiger partial charge in [-0.1, -0.05) is 11.6 Å². The molecule has 0 spiro atoms. The monoisotopic (exact) mass is 298 g/mol. The van der Waals surface area contributed by atoms with Crippen molar-refractivity contribution in [1.29, 1.82) is 0 Å². The number of aliphatic carboxylic acids is 1. The Morgan fingerprint density at radius 1 is 1.50 bits per heavy atom. The molecule has 1 atom stereocenters. The zero-order chi connectivity index (χ0) is 14.7. The molecule has 0 unspecified atom stereocenters. The Bertz CT molecular complexity index is 535. The molecule has 2 amide bonds. The fourth-order valence-corrected chi connectivity index (χ4v) is 2.35. The van der Waals surface area contributed by atoms with E-state index in [1.54, 1.807) is 18.2 Å². The summed E-state index contributed by atoms with van der Waals surface area (Å²) < 4.78 is 5.06. The topological polar surface area (TPSA) is 78.9 Å². The number of likely N-dealkylation sites (tertiary alicyclic amines) is 1. The molecule has 1 aromatic carbocycles. The van der Waals surface area contributed by atoms with E-state index in [-0.39, 0.29) is 0 Å². The quantitative estimate of drug-likeness (QED) is 0.898. The number of hydrogen-bond donors (Lipinski definition) is 2. The van der Waals surface area contributed by atoms with Gasteiger partial charge in [0, 0.05) is 12.6 Å². The third-order valence-corrected chi connectivity index (χ3v) is 3.54. The Morgan fingerprint density at radius 2 is 2.25 bits per heavy atom. The smallest absolute Gasteiger partial charge is 0.326 e. The Hall–Kier alpha value is -1.95. The first-order chi connectivity index (χ1) is 9.52. The third kappa shape index (κ3) is 2.96. The molecule has 2 N–H and O–H groups in total. The fourth-order valence-electron chi connectivity index (χ4n) is 2.18. The minimum atomic E-state index is -0.991.